The minimum atomic E-state index is -3.11. The number of aromatic nitrogens is 1. The molecule has 2 aliphatic rings. The predicted octanol–water partition coefficient (Wildman–Crippen LogP) is 1.84. The van der Waals surface area contributed by atoms with Gasteiger partial charge in [0.25, 0.3) is 0 Å². The van der Waals surface area contributed by atoms with Crippen LogP contribution in [0.15, 0.2) is 5.38 Å². The minimum absolute atomic E-state index is 0.00874. The third-order valence-electron chi connectivity index (χ3n) is 5.19. The zero-order chi connectivity index (χ0) is 17.9. The number of thiazole rings is 1. The molecule has 1 aromatic heterocycles. The van der Waals surface area contributed by atoms with Crippen LogP contribution in [0.1, 0.15) is 42.8 Å². The number of rotatable bonds is 6. The van der Waals surface area contributed by atoms with E-state index in [-0.39, 0.29) is 23.3 Å². The molecule has 25 heavy (non-hydrogen) atoms. The molecule has 0 bridgehead atoms. The predicted molar refractivity (Wildman–Crippen MR) is 99.4 cm³/mol. The van der Waals surface area contributed by atoms with Crippen LogP contribution in [0.5, 0.6) is 0 Å². The molecule has 1 aromatic rings. The quantitative estimate of drug-likeness (QED) is 0.747. The Morgan fingerprint density at radius 3 is 2.52 bits per heavy atom. The number of carbonyl (C=O) groups is 1. The van der Waals surface area contributed by atoms with Crippen molar-refractivity contribution in [1.82, 2.24) is 14.8 Å². The summed E-state index contributed by atoms with van der Waals surface area (Å²) in [6.07, 6.45) is 3.66. The normalized spacial score (nSPS) is 20.3. The number of sulfone groups is 1. The molecule has 6 nitrogen and oxygen atoms in total. The van der Waals surface area contributed by atoms with Gasteiger partial charge in [0.1, 0.15) is 0 Å². The maximum Gasteiger partial charge on any atom is 0.223 e. The molecule has 0 N–H and O–H groups in total. The van der Waals surface area contributed by atoms with Crippen molar-refractivity contribution in [2.24, 2.45) is 0 Å². The highest BCUT2D eigenvalue weighted by Crippen LogP contribution is 2.25. The lowest BCUT2D eigenvalue weighted by Gasteiger charge is -2.34. The molecule has 1 saturated heterocycles. The molecule has 0 unspecified atom stereocenters. The molecule has 0 radical (unpaired) electrons. The molecule has 140 valence electrons. The van der Waals surface area contributed by atoms with Crippen molar-refractivity contribution in [2.75, 3.05) is 31.9 Å². The van der Waals surface area contributed by atoms with Crippen molar-refractivity contribution in [3.05, 3.63) is 16.1 Å². The van der Waals surface area contributed by atoms with Crippen LogP contribution in [0.4, 0.5) is 0 Å². The third kappa shape index (κ3) is 5.01. The Kier molecular flexibility index (Phi) is 6.12. The SMILES string of the molecule is Cc1nc(CN2CCN(C(=O)CCS(=O)(=O)C3CCCC3)CC2)cs1. The summed E-state index contributed by atoms with van der Waals surface area (Å²) in [5.41, 5.74) is 1.09. The molecule has 0 spiro atoms. The highest BCUT2D eigenvalue weighted by atomic mass is 32.2. The molecule has 1 aliphatic carbocycles. The van der Waals surface area contributed by atoms with E-state index >= 15 is 0 Å². The number of amides is 1. The average molecular weight is 386 g/mol. The minimum Gasteiger partial charge on any atom is -0.340 e. The van der Waals surface area contributed by atoms with Crippen LogP contribution in [-0.4, -0.2) is 66.3 Å². The number of nitrogens with zero attached hydrogens (tertiary/aromatic N) is 3. The van der Waals surface area contributed by atoms with Crippen LogP contribution in [0.25, 0.3) is 0 Å². The standard InChI is InChI=1S/C17H27N3O3S2/c1-14-18-15(13-24-14)12-19-7-9-20(10-8-19)17(21)6-11-25(22,23)16-4-2-3-5-16/h13,16H,2-12H2,1H3. The summed E-state index contributed by atoms with van der Waals surface area (Å²) >= 11 is 1.66. The third-order valence-corrected chi connectivity index (χ3v) is 8.27. The molecule has 1 aliphatic heterocycles. The highest BCUT2D eigenvalue weighted by Gasteiger charge is 2.30. The first-order chi connectivity index (χ1) is 11.9. The Bertz CT molecular complexity index is 688. The van der Waals surface area contributed by atoms with E-state index in [9.17, 15) is 13.2 Å². The number of carbonyl (C=O) groups excluding carboxylic acids is 1. The van der Waals surface area contributed by atoms with Gasteiger partial charge in [-0.2, -0.15) is 0 Å². The molecule has 2 heterocycles. The molecule has 0 atom stereocenters. The largest absolute Gasteiger partial charge is 0.340 e. The average Bonchev–Trinajstić information content (AvgIpc) is 3.26. The van der Waals surface area contributed by atoms with Crippen molar-refractivity contribution in [3.8, 4) is 0 Å². The van der Waals surface area contributed by atoms with Crippen molar-refractivity contribution in [2.45, 2.75) is 50.8 Å². The van der Waals surface area contributed by atoms with Crippen molar-refractivity contribution in [1.29, 1.82) is 0 Å². The van der Waals surface area contributed by atoms with Crippen LogP contribution in [0, 0.1) is 6.92 Å². The Labute approximate surface area is 154 Å². The van der Waals surface area contributed by atoms with Gasteiger partial charge in [-0.3, -0.25) is 9.69 Å². The molecule has 3 rings (SSSR count). The fraction of sp³-hybridized carbons (Fsp3) is 0.765. The molecule has 8 heteroatoms. The Morgan fingerprint density at radius 2 is 1.92 bits per heavy atom. The van der Waals surface area contributed by atoms with E-state index in [0.29, 0.717) is 13.1 Å². The van der Waals surface area contributed by atoms with Crippen LogP contribution < -0.4 is 0 Å². The molecular weight excluding hydrogens is 358 g/mol. The number of aryl methyl sites for hydroxylation is 1. The van der Waals surface area contributed by atoms with E-state index in [2.05, 4.69) is 15.3 Å². The summed E-state index contributed by atoms with van der Waals surface area (Å²) in [5.74, 6) is -0.0137. The first-order valence-electron chi connectivity index (χ1n) is 9.07. The van der Waals surface area contributed by atoms with Crippen molar-refractivity contribution >= 4 is 27.1 Å². The number of piperazine rings is 1. The summed E-state index contributed by atoms with van der Waals surface area (Å²) in [6, 6.07) is 0. The lowest BCUT2D eigenvalue weighted by molar-refractivity contribution is -0.132. The second-order valence-electron chi connectivity index (χ2n) is 7.04. The van der Waals surface area contributed by atoms with E-state index in [4.69, 9.17) is 0 Å². The summed E-state index contributed by atoms with van der Waals surface area (Å²) < 4.78 is 24.6. The van der Waals surface area contributed by atoms with Gasteiger partial charge < -0.3 is 4.90 Å². The first kappa shape index (κ1) is 18.8. The van der Waals surface area contributed by atoms with Gasteiger partial charge in [0.2, 0.25) is 5.91 Å². The van der Waals surface area contributed by atoms with E-state index in [0.717, 1.165) is 56.0 Å². The van der Waals surface area contributed by atoms with Gasteiger partial charge in [-0.1, -0.05) is 12.8 Å². The van der Waals surface area contributed by atoms with E-state index < -0.39 is 9.84 Å². The van der Waals surface area contributed by atoms with Gasteiger partial charge in [-0.15, -0.1) is 11.3 Å². The zero-order valence-corrected chi connectivity index (χ0v) is 16.4. The lowest BCUT2D eigenvalue weighted by Crippen LogP contribution is -2.48. The maximum atomic E-state index is 12.4. The molecule has 2 fully saturated rings. The number of hydrogen-bond donors (Lipinski definition) is 0. The monoisotopic (exact) mass is 385 g/mol. The van der Waals surface area contributed by atoms with E-state index in [1.165, 1.54) is 0 Å². The van der Waals surface area contributed by atoms with Crippen LogP contribution in [0.2, 0.25) is 0 Å². The Hall–Kier alpha value is -0.990. The Morgan fingerprint density at radius 1 is 1.24 bits per heavy atom. The van der Waals surface area contributed by atoms with Gasteiger partial charge in [-0.05, 0) is 19.8 Å². The van der Waals surface area contributed by atoms with E-state index in [1.54, 1.807) is 11.3 Å². The van der Waals surface area contributed by atoms with Gasteiger partial charge in [0.05, 0.1) is 21.7 Å². The van der Waals surface area contributed by atoms with Crippen molar-refractivity contribution in [3.63, 3.8) is 0 Å². The van der Waals surface area contributed by atoms with Crippen LogP contribution >= 0.6 is 11.3 Å². The lowest BCUT2D eigenvalue weighted by atomic mass is 10.2. The highest BCUT2D eigenvalue weighted by molar-refractivity contribution is 7.92. The summed E-state index contributed by atoms with van der Waals surface area (Å²) in [6.45, 7) is 5.80. The fourth-order valence-electron chi connectivity index (χ4n) is 3.67. The number of hydrogen-bond acceptors (Lipinski definition) is 6. The molecule has 0 aromatic carbocycles. The first-order valence-corrected chi connectivity index (χ1v) is 11.7. The second-order valence-corrected chi connectivity index (χ2v) is 10.5. The van der Waals surface area contributed by atoms with E-state index in [1.807, 2.05) is 11.8 Å². The smallest absolute Gasteiger partial charge is 0.223 e. The van der Waals surface area contributed by atoms with Gasteiger partial charge in [-0.25, -0.2) is 13.4 Å². The van der Waals surface area contributed by atoms with Gasteiger partial charge in [0.15, 0.2) is 9.84 Å². The Balaban J connectivity index is 1.42. The fourth-order valence-corrected chi connectivity index (χ4v) is 6.11. The summed E-state index contributed by atoms with van der Waals surface area (Å²) in [4.78, 5) is 21.0. The maximum absolute atomic E-state index is 12.4. The van der Waals surface area contributed by atoms with Gasteiger partial charge in [0, 0.05) is 44.5 Å². The molecule has 1 amide bonds. The van der Waals surface area contributed by atoms with Crippen molar-refractivity contribution < 1.29 is 13.2 Å². The summed E-state index contributed by atoms with van der Waals surface area (Å²) in [5, 5.41) is 2.95. The van der Waals surface area contributed by atoms with Crippen LogP contribution in [0.3, 0.4) is 0 Å². The summed E-state index contributed by atoms with van der Waals surface area (Å²) in [7, 11) is -3.11. The second kappa shape index (κ2) is 8.14. The molecule has 1 saturated carbocycles. The van der Waals surface area contributed by atoms with Gasteiger partial charge >= 0.3 is 0 Å². The zero-order valence-electron chi connectivity index (χ0n) is 14.8. The molecular formula is C17H27N3O3S2. The topological polar surface area (TPSA) is 70.6 Å². The van der Waals surface area contributed by atoms with Crippen LogP contribution in [-0.2, 0) is 21.2 Å².